The maximum atomic E-state index is 10.5. The van der Waals surface area contributed by atoms with Gasteiger partial charge in [0.05, 0.1) is 12.2 Å². The van der Waals surface area contributed by atoms with Gasteiger partial charge in [-0.1, -0.05) is 12.1 Å². The van der Waals surface area contributed by atoms with Crippen LogP contribution < -0.4 is 4.74 Å². The standard InChI is InChI=1S/C13H18O3/c1-13(2,3)16-8-7-15-12-6-4-5-11(9-12)10-14/h4-6,9-10H,7-8H2,1-3H3. The molecule has 1 aromatic carbocycles. The molecular weight excluding hydrogens is 204 g/mol. The second-order valence-electron chi connectivity index (χ2n) is 4.50. The predicted octanol–water partition coefficient (Wildman–Crippen LogP) is 2.69. The summed E-state index contributed by atoms with van der Waals surface area (Å²) in [6, 6.07) is 7.07. The number of carbonyl (C=O) groups is 1. The summed E-state index contributed by atoms with van der Waals surface area (Å²) in [7, 11) is 0. The fraction of sp³-hybridized carbons (Fsp3) is 0.462. The fourth-order valence-electron chi connectivity index (χ4n) is 1.19. The molecule has 1 aromatic rings. The smallest absolute Gasteiger partial charge is 0.150 e. The molecule has 0 atom stereocenters. The van der Waals surface area contributed by atoms with Crippen molar-refractivity contribution >= 4 is 6.29 Å². The summed E-state index contributed by atoms with van der Waals surface area (Å²) in [4.78, 5) is 10.5. The lowest BCUT2D eigenvalue weighted by Crippen LogP contribution is -2.22. The molecular formula is C13H18O3. The number of hydrogen-bond donors (Lipinski definition) is 0. The van der Waals surface area contributed by atoms with Crippen molar-refractivity contribution in [3.05, 3.63) is 29.8 Å². The third-order valence-electron chi connectivity index (χ3n) is 1.88. The van der Waals surface area contributed by atoms with Crippen molar-refractivity contribution < 1.29 is 14.3 Å². The van der Waals surface area contributed by atoms with Crippen LogP contribution in [0.15, 0.2) is 24.3 Å². The normalized spacial score (nSPS) is 11.2. The lowest BCUT2D eigenvalue weighted by molar-refractivity contribution is -0.0163. The Bertz CT molecular complexity index is 339. The Balaban J connectivity index is 2.34. The van der Waals surface area contributed by atoms with Crippen LogP contribution in [0.25, 0.3) is 0 Å². The van der Waals surface area contributed by atoms with Gasteiger partial charge >= 0.3 is 0 Å². The van der Waals surface area contributed by atoms with Gasteiger partial charge in [0.15, 0.2) is 0 Å². The molecule has 3 heteroatoms. The van der Waals surface area contributed by atoms with Gasteiger partial charge in [-0.25, -0.2) is 0 Å². The summed E-state index contributed by atoms with van der Waals surface area (Å²) in [5, 5.41) is 0. The number of carbonyl (C=O) groups excluding carboxylic acids is 1. The molecule has 0 radical (unpaired) electrons. The van der Waals surface area contributed by atoms with Gasteiger partial charge in [-0.05, 0) is 32.9 Å². The number of aldehydes is 1. The minimum Gasteiger partial charge on any atom is -0.491 e. The Kier molecular flexibility index (Phi) is 4.50. The van der Waals surface area contributed by atoms with E-state index in [1.54, 1.807) is 18.2 Å². The Hall–Kier alpha value is -1.35. The first-order valence-electron chi connectivity index (χ1n) is 5.33. The van der Waals surface area contributed by atoms with Gasteiger partial charge in [0, 0.05) is 5.56 Å². The van der Waals surface area contributed by atoms with Gasteiger partial charge < -0.3 is 9.47 Å². The van der Waals surface area contributed by atoms with Crippen LogP contribution >= 0.6 is 0 Å². The van der Waals surface area contributed by atoms with Crippen molar-refractivity contribution in [2.75, 3.05) is 13.2 Å². The van der Waals surface area contributed by atoms with E-state index in [1.807, 2.05) is 26.8 Å². The van der Waals surface area contributed by atoms with E-state index in [0.717, 1.165) is 6.29 Å². The third-order valence-corrected chi connectivity index (χ3v) is 1.88. The Labute approximate surface area is 96.4 Å². The number of hydrogen-bond acceptors (Lipinski definition) is 3. The molecule has 88 valence electrons. The van der Waals surface area contributed by atoms with Gasteiger partial charge in [0.1, 0.15) is 18.6 Å². The summed E-state index contributed by atoms with van der Waals surface area (Å²) in [6.07, 6.45) is 0.804. The van der Waals surface area contributed by atoms with Crippen molar-refractivity contribution in [2.45, 2.75) is 26.4 Å². The molecule has 0 aliphatic heterocycles. The van der Waals surface area contributed by atoms with E-state index in [-0.39, 0.29) is 5.60 Å². The second-order valence-corrected chi connectivity index (χ2v) is 4.50. The molecule has 16 heavy (non-hydrogen) atoms. The van der Waals surface area contributed by atoms with E-state index in [2.05, 4.69) is 0 Å². The molecule has 0 aromatic heterocycles. The highest BCUT2D eigenvalue weighted by molar-refractivity contribution is 5.75. The zero-order valence-electron chi connectivity index (χ0n) is 10.0. The highest BCUT2D eigenvalue weighted by Gasteiger charge is 2.09. The molecule has 0 spiro atoms. The van der Waals surface area contributed by atoms with Crippen LogP contribution in [0.2, 0.25) is 0 Å². The van der Waals surface area contributed by atoms with Crippen LogP contribution in [0.5, 0.6) is 5.75 Å². The first-order valence-corrected chi connectivity index (χ1v) is 5.33. The lowest BCUT2D eigenvalue weighted by atomic mass is 10.2. The molecule has 0 fully saturated rings. The lowest BCUT2D eigenvalue weighted by Gasteiger charge is -2.19. The third kappa shape index (κ3) is 4.94. The molecule has 0 bridgehead atoms. The topological polar surface area (TPSA) is 35.5 Å². The number of ether oxygens (including phenoxy) is 2. The summed E-state index contributed by atoms with van der Waals surface area (Å²) >= 11 is 0. The molecule has 0 saturated heterocycles. The van der Waals surface area contributed by atoms with Crippen molar-refractivity contribution in [1.82, 2.24) is 0 Å². The average molecular weight is 222 g/mol. The van der Waals surface area contributed by atoms with Crippen LogP contribution in [-0.2, 0) is 4.74 Å². The van der Waals surface area contributed by atoms with E-state index in [1.165, 1.54) is 0 Å². The summed E-state index contributed by atoms with van der Waals surface area (Å²) in [5.74, 6) is 0.696. The molecule has 0 amide bonds. The molecule has 0 aliphatic carbocycles. The number of rotatable bonds is 5. The van der Waals surface area contributed by atoms with Crippen molar-refractivity contribution in [1.29, 1.82) is 0 Å². The zero-order valence-corrected chi connectivity index (χ0v) is 10.0. The van der Waals surface area contributed by atoms with Gasteiger partial charge in [-0.2, -0.15) is 0 Å². The molecule has 0 heterocycles. The highest BCUT2D eigenvalue weighted by Crippen LogP contribution is 2.12. The first kappa shape index (κ1) is 12.7. The van der Waals surface area contributed by atoms with Gasteiger partial charge in [-0.15, -0.1) is 0 Å². The van der Waals surface area contributed by atoms with Gasteiger partial charge in [0.25, 0.3) is 0 Å². The van der Waals surface area contributed by atoms with Crippen LogP contribution in [0.3, 0.4) is 0 Å². The van der Waals surface area contributed by atoms with E-state index < -0.39 is 0 Å². The quantitative estimate of drug-likeness (QED) is 0.567. The number of benzene rings is 1. The maximum Gasteiger partial charge on any atom is 0.150 e. The van der Waals surface area contributed by atoms with E-state index in [0.29, 0.717) is 24.5 Å². The van der Waals surface area contributed by atoms with Crippen LogP contribution in [-0.4, -0.2) is 25.1 Å². The minimum absolute atomic E-state index is 0.145. The maximum absolute atomic E-state index is 10.5. The zero-order chi connectivity index (χ0) is 12.0. The summed E-state index contributed by atoms with van der Waals surface area (Å²) in [6.45, 7) is 7.02. The van der Waals surface area contributed by atoms with E-state index in [4.69, 9.17) is 9.47 Å². The fourth-order valence-corrected chi connectivity index (χ4v) is 1.19. The monoisotopic (exact) mass is 222 g/mol. The van der Waals surface area contributed by atoms with Crippen molar-refractivity contribution in [2.24, 2.45) is 0 Å². The van der Waals surface area contributed by atoms with E-state index in [9.17, 15) is 4.79 Å². The molecule has 0 aliphatic rings. The molecule has 0 saturated carbocycles. The summed E-state index contributed by atoms with van der Waals surface area (Å²) < 4.78 is 11.0. The van der Waals surface area contributed by atoms with Crippen molar-refractivity contribution in [3.63, 3.8) is 0 Å². The average Bonchev–Trinajstić information content (AvgIpc) is 2.23. The molecule has 0 N–H and O–H groups in total. The highest BCUT2D eigenvalue weighted by atomic mass is 16.5. The molecule has 0 unspecified atom stereocenters. The molecule has 1 rings (SSSR count). The SMILES string of the molecule is CC(C)(C)OCCOc1cccc(C=O)c1. The van der Waals surface area contributed by atoms with Gasteiger partial charge in [0.2, 0.25) is 0 Å². The molecule has 3 nitrogen and oxygen atoms in total. The van der Waals surface area contributed by atoms with Crippen LogP contribution in [0.1, 0.15) is 31.1 Å². The first-order chi connectivity index (χ1) is 7.51. The second kappa shape index (κ2) is 5.66. The van der Waals surface area contributed by atoms with Gasteiger partial charge in [-0.3, -0.25) is 4.79 Å². The Morgan fingerprint density at radius 1 is 1.25 bits per heavy atom. The summed E-state index contributed by atoms with van der Waals surface area (Å²) in [5.41, 5.74) is 0.475. The Morgan fingerprint density at radius 3 is 2.62 bits per heavy atom. The predicted molar refractivity (Wildman–Crippen MR) is 63.0 cm³/mol. The minimum atomic E-state index is -0.145. The Morgan fingerprint density at radius 2 is 2.00 bits per heavy atom. The van der Waals surface area contributed by atoms with Crippen LogP contribution in [0, 0.1) is 0 Å². The van der Waals surface area contributed by atoms with E-state index >= 15 is 0 Å². The van der Waals surface area contributed by atoms with Crippen molar-refractivity contribution in [3.8, 4) is 5.75 Å². The largest absolute Gasteiger partial charge is 0.491 e. The van der Waals surface area contributed by atoms with Crippen LogP contribution in [0.4, 0.5) is 0 Å².